The summed E-state index contributed by atoms with van der Waals surface area (Å²) in [6.45, 7) is -1.54. The lowest BCUT2D eigenvalue weighted by Gasteiger charge is -2.10. The Balaban J connectivity index is 3.76. The number of esters is 1. The van der Waals surface area contributed by atoms with Crippen molar-refractivity contribution in [2.75, 3.05) is 20.2 Å². The fourth-order valence-electron chi connectivity index (χ4n) is 0.469. The van der Waals surface area contributed by atoms with E-state index in [-0.39, 0.29) is 0 Å². The van der Waals surface area contributed by atoms with Gasteiger partial charge < -0.3 is 15.2 Å². The zero-order chi connectivity index (χ0) is 10.5. The normalized spacial score (nSPS) is 11.0. The van der Waals surface area contributed by atoms with Gasteiger partial charge >= 0.3 is 17.9 Å². The van der Waals surface area contributed by atoms with Gasteiger partial charge in [-0.25, -0.2) is 4.79 Å². The number of aliphatic carboxylic acids is 1. The zero-order valence-electron chi connectivity index (χ0n) is 6.84. The minimum atomic E-state index is -3.87. The van der Waals surface area contributed by atoms with Crippen molar-refractivity contribution in [2.24, 2.45) is 0 Å². The molecule has 0 heterocycles. The lowest BCUT2D eigenvalue weighted by Crippen LogP contribution is -2.41. The number of carbonyl (C=O) groups excluding carboxylic acids is 1. The molecule has 0 fully saturated rings. The van der Waals surface area contributed by atoms with Crippen molar-refractivity contribution in [3.05, 3.63) is 0 Å². The molecule has 2 N–H and O–H groups in total. The van der Waals surface area contributed by atoms with Crippen molar-refractivity contribution in [2.45, 2.75) is 5.92 Å². The number of alkyl halides is 2. The quantitative estimate of drug-likeness (QED) is 0.579. The van der Waals surface area contributed by atoms with Crippen molar-refractivity contribution >= 4 is 11.9 Å². The van der Waals surface area contributed by atoms with Gasteiger partial charge in [-0.1, -0.05) is 0 Å². The summed E-state index contributed by atoms with van der Waals surface area (Å²) < 4.78 is 28.7. The molecular formula is C6H9F2NO4. The Morgan fingerprint density at radius 3 is 2.46 bits per heavy atom. The molecule has 0 spiro atoms. The number of rotatable bonds is 5. The molecule has 0 aliphatic heterocycles. The molecule has 0 aliphatic rings. The van der Waals surface area contributed by atoms with Crippen LogP contribution in [-0.4, -0.2) is 43.2 Å². The van der Waals surface area contributed by atoms with E-state index in [0.717, 1.165) is 7.11 Å². The van der Waals surface area contributed by atoms with E-state index in [2.05, 4.69) is 4.74 Å². The molecule has 5 nitrogen and oxygen atoms in total. The van der Waals surface area contributed by atoms with Crippen LogP contribution in [-0.2, 0) is 14.3 Å². The lowest BCUT2D eigenvalue weighted by atomic mass is 10.3. The van der Waals surface area contributed by atoms with Gasteiger partial charge in [0.05, 0.1) is 20.2 Å². The van der Waals surface area contributed by atoms with Crippen LogP contribution in [0.1, 0.15) is 0 Å². The molecule has 0 aromatic rings. The fourth-order valence-corrected chi connectivity index (χ4v) is 0.469. The van der Waals surface area contributed by atoms with E-state index in [1.54, 1.807) is 0 Å². The topological polar surface area (TPSA) is 75.6 Å². The minimum absolute atomic E-state index is 0.445. The van der Waals surface area contributed by atoms with E-state index in [9.17, 15) is 18.4 Å². The number of hydrogen-bond acceptors (Lipinski definition) is 4. The van der Waals surface area contributed by atoms with Crippen LogP contribution in [0.15, 0.2) is 0 Å². The van der Waals surface area contributed by atoms with Crippen molar-refractivity contribution in [1.29, 1.82) is 0 Å². The van der Waals surface area contributed by atoms with Crippen LogP contribution in [0.5, 0.6) is 0 Å². The second kappa shape index (κ2) is 4.70. The van der Waals surface area contributed by atoms with Gasteiger partial charge in [0, 0.05) is 0 Å². The molecule has 0 aromatic carbocycles. The molecule has 0 atom stereocenters. The van der Waals surface area contributed by atoms with Gasteiger partial charge in [-0.15, -0.1) is 0 Å². The van der Waals surface area contributed by atoms with E-state index in [4.69, 9.17) is 5.11 Å². The third kappa shape index (κ3) is 4.36. The average molecular weight is 197 g/mol. The maximum Gasteiger partial charge on any atom is 0.375 e. The minimum Gasteiger partial charge on any atom is -0.477 e. The second-order valence-electron chi connectivity index (χ2n) is 2.19. The molecular weight excluding hydrogens is 188 g/mol. The molecule has 7 heteroatoms. The van der Waals surface area contributed by atoms with Crippen molar-refractivity contribution in [1.82, 2.24) is 5.32 Å². The molecule has 0 radical (unpaired) electrons. The van der Waals surface area contributed by atoms with E-state index in [0.29, 0.717) is 0 Å². The molecule has 0 rings (SSSR count). The van der Waals surface area contributed by atoms with Crippen LogP contribution in [0.4, 0.5) is 8.78 Å². The average Bonchev–Trinajstić information content (AvgIpc) is 2.03. The largest absolute Gasteiger partial charge is 0.477 e. The third-order valence-electron chi connectivity index (χ3n) is 1.16. The Morgan fingerprint density at radius 2 is 2.08 bits per heavy atom. The first-order valence-electron chi connectivity index (χ1n) is 3.29. The number of methoxy groups -OCH3 is 1. The highest BCUT2D eigenvalue weighted by molar-refractivity contribution is 5.76. The number of carboxylic acid groups (broad SMARTS) is 1. The van der Waals surface area contributed by atoms with Crippen molar-refractivity contribution < 1.29 is 28.2 Å². The highest BCUT2D eigenvalue weighted by Gasteiger charge is 2.38. The Bertz CT molecular complexity index is 207. The number of carbonyl (C=O) groups is 2. The van der Waals surface area contributed by atoms with Crippen molar-refractivity contribution in [3.63, 3.8) is 0 Å². The molecule has 0 saturated heterocycles. The lowest BCUT2D eigenvalue weighted by molar-refractivity contribution is -0.164. The molecule has 76 valence electrons. The van der Waals surface area contributed by atoms with Gasteiger partial charge in [-0.2, -0.15) is 8.78 Å². The van der Waals surface area contributed by atoms with Crippen LogP contribution in [0.25, 0.3) is 0 Å². The first-order valence-corrected chi connectivity index (χ1v) is 3.29. The van der Waals surface area contributed by atoms with Crippen LogP contribution < -0.4 is 5.32 Å². The van der Waals surface area contributed by atoms with Gasteiger partial charge in [-0.3, -0.25) is 4.79 Å². The highest BCUT2D eigenvalue weighted by atomic mass is 19.3. The van der Waals surface area contributed by atoms with E-state index in [1.165, 1.54) is 0 Å². The van der Waals surface area contributed by atoms with Gasteiger partial charge in [0.2, 0.25) is 0 Å². The summed E-state index contributed by atoms with van der Waals surface area (Å²) in [6.07, 6.45) is 0. The number of hydrogen-bond donors (Lipinski definition) is 2. The van der Waals surface area contributed by atoms with Gasteiger partial charge in [0.25, 0.3) is 0 Å². The van der Waals surface area contributed by atoms with E-state index < -0.39 is 31.0 Å². The molecule has 0 amide bonds. The maximum atomic E-state index is 12.3. The SMILES string of the molecule is COC(=O)CNCC(F)(F)C(=O)O. The Labute approximate surface area is 72.7 Å². The second-order valence-corrected chi connectivity index (χ2v) is 2.19. The first-order chi connectivity index (χ1) is 5.90. The Kier molecular flexibility index (Phi) is 4.26. The van der Waals surface area contributed by atoms with Crippen LogP contribution in [0.3, 0.4) is 0 Å². The summed E-state index contributed by atoms with van der Waals surface area (Å²) >= 11 is 0. The fraction of sp³-hybridized carbons (Fsp3) is 0.667. The Hall–Kier alpha value is -1.24. The third-order valence-corrected chi connectivity index (χ3v) is 1.16. The smallest absolute Gasteiger partial charge is 0.375 e. The zero-order valence-corrected chi connectivity index (χ0v) is 6.84. The summed E-state index contributed by atoms with van der Waals surface area (Å²) in [4.78, 5) is 20.3. The Morgan fingerprint density at radius 1 is 1.54 bits per heavy atom. The summed E-state index contributed by atoms with van der Waals surface area (Å²) in [5.74, 6) is -6.83. The number of ether oxygens (including phenoxy) is 1. The number of carboxylic acids is 1. The van der Waals surface area contributed by atoms with Crippen LogP contribution >= 0.6 is 0 Å². The summed E-state index contributed by atoms with van der Waals surface area (Å²) in [5, 5.41) is 9.91. The summed E-state index contributed by atoms with van der Waals surface area (Å²) in [5.41, 5.74) is 0. The highest BCUT2D eigenvalue weighted by Crippen LogP contribution is 2.10. The number of halogens is 2. The van der Waals surface area contributed by atoms with Crippen LogP contribution in [0.2, 0.25) is 0 Å². The maximum absolute atomic E-state index is 12.3. The first kappa shape index (κ1) is 11.8. The molecule has 0 bridgehead atoms. The summed E-state index contributed by atoms with van der Waals surface area (Å²) in [7, 11) is 1.10. The van der Waals surface area contributed by atoms with E-state index in [1.807, 2.05) is 5.32 Å². The molecule has 0 unspecified atom stereocenters. The van der Waals surface area contributed by atoms with Gasteiger partial charge in [0.15, 0.2) is 0 Å². The molecule has 13 heavy (non-hydrogen) atoms. The number of nitrogens with one attached hydrogen (secondary N) is 1. The van der Waals surface area contributed by atoms with Gasteiger partial charge in [0.1, 0.15) is 0 Å². The van der Waals surface area contributed by atoms with Gasteiger partial charge in [-0.05, 0) is 0 Å². The van der Waals surface area contributed by atoms with Crippen LogP contribution in [0, 0.1) is 0 Å². The molecule has 0 aliphatic carbocycles. The monoisotopic (exact) mass is 197 g/mol. The standard InChI is InChI=1S/C6H9F2NO4/c1-13-4(10)2-9-3-6(7,8)5(11)12/h9H,2-3H2,1H3,(H,11,12). The van der Waals surface area contributed by atoms with Crippen molar-refractivity contribution in [3.8, 4) is 0 Å². The predicted molar refractivity (Wildman–Crippen MR) is 37.5 cm³/mol. The van der Waals surface area contributed by atoms with E-state index >= 15 is 0 Å². The molecule has 0 aromatic heterocycles. The molecule has 0 saturated carbocycles. The predicted octanol–water partition coefficient (Wildman–Crippen LogP) is -0.531. The summed E-state index contributed by atoms with van der Waals surface area (Å²) in [6, 6.07) is 0.